The lowest BCUT2D eigenvalue weighted by Gasteiger charge is -2.23. The zero-order chi connectivity index (χ0) is 18.4. The van der Waals surface area contributed by atoms with Crippen molar-refractivity contribution in [1.29, 1.82) is 0 Å². The van der Waals surface area contributed by atoms with Crippen molar-refractivity contribution < 1.29 is 14.0 Å². The molecule has 0 aliphatic carbocycles. The van der Waals surface area contributed by atoms with E-state index >= 15 is 0 Å². The van der Waals surface area contributed by atoms with Gasteiger partial charge in [-0.05, 0) is 28.7 Å². The molecule has 4 nitrogen and oxygen atoms in total. The van der Waals surface area contributed by atoms with Gasteiger partial charge in [0.25, 0.3) is 0 Å². The van der Waals surface area contributed by atoms with Crippen LogP contribution in [-0.2, 0) is 21.4 Å². The first-order chi connectivity index (χ1) is 11.8. The van der Waals surface area contributed by atoms with Gasteiger partial charge in [0.15, 0.2) is 0 Å². The van der Waals surface area contributed by atoms with Gasteiger partial charge in [-0.1, -0.05) is 57.2 Å². The molecule has 2 rings (SSSR count). The molecule has 0 unspecified atom stereocenters. The molecule has 0 aromatic heterocycles. The van der Waals surface area contributed by atoms with E-state index in [2.05, 4.69) is 31.4 Å². The number of para-hydroxylation sites is 1. The molecule has 0 radical (unpaired) electrons. The molecule has 0 spiro atoms. The second kappa shape index (κ2) is 7.92. The topological polar surface area (TPSA) is 58.2 Å². The highest BCUT2D eigenvalue weighted by atomic mass is 19.1. The Morgan fingerprint density at radius 1 is 0.960 bits per heavy atom. The Hall–Kier alpha value is -2.69. The summed E-state index contributed by atoms with van der Waals surface area (Å²) in [7, 11) is 0. The first-order valence-electron chi connectivity index (χ1n) is 8.17. The van der Waals surface area contributed by atoms with Crippen LogP contribution < -0.4 is 10.6 Å². The summed E-state index contributed by atoms with van der Waals surface area (Å²) in [6, 6.07) is 13.7. The van der Waals surface area contributed by atoms with Crippen LogP contribution in [0, 0.1) is 5.82 Å². The number of anilines is 1. The molecular weight excluding hydrogens is 319 g/mol. The summed E-state index contributed by atoms with van der Waals surface area (Å²) in [6.45, 7) is 6.03. The average molecular weight is 342 g/mol. The Labute approximate surface area is 147 Å². The number of rotatable bonds is 5. The van der Waals surface area contributed by atoms with Crippen LogP contribution in [0.5, 0.6) is 0 Å². The molecule has 0 fully saturated rings. The molecular formula is C20H23FN2O2. The number of carbonyl (C=O) groups is 2. The Kier molecular flexibility index (Phi) is 5.91. The fourth-order valence-electron chi connectivity index (χ4n) is 2.50. The molecule has 2 aromatic rings. The van der Waals surface area contributed by atoms with E-state index in [1.165, 1.54) is 6.07 Å². The third-order valence-corrected chi connectivity index (χ3v) is 3.76. The van der Waals surface area contributed by atoms with Crippen LogP contribution in [0.3, 0.4) is 0 Å². The van der Waals surface area contributed by atoms with E-state index in [0.29, 0.717) is 5.56 Å². The zero-order valence-corrected chi connectivity index (χ0v) is 14.7. The van der Waals surface area contributed by atoms with Crippen LogP contribution in [0.15, 0.2) is 48.5 Å². The molecule has 0 saturated heterocycles. The lowest BCUT2D eigenvalue weighted by molar-refractivity contribution is -0.123. The summed E-state index contributed by atoms with van der Waals surface area (Å²) in [6.07, 6.45) is -0.0987. The molecule has 2 amide bonds. The minimum Gasteiger partial charge on any atom is -0.347 e. The number of hydrogen-bond acceptors (Lipinski definition) is 2. The maximum atomic E-state index is 13.5. The molecule has 5 heteroatoms. The third kappa shape index (κ3) is 5.41. The van der Waals surface area contributed by atoms with E-state index < -0.39 is 11.7 Å². The van der Waals surface area contributed by atoms with Gasteiger partial charge in [-0.15, -0.1) is 0 Å². The molecule has 0 saturated carbocycles. The van der Waals surface area contributed by atoms with E-state index in [1.54, 1.807) is 18.2 Å². The monoisotopic (exact) mass is 342 g/mol. The fourth-order valence-corrected chi connectivity index (χ4v) is 2.50. The van der Waals surface area contributed by atoms with E-state index in [-0.39, 0.29) is 24.3 Å². The second-order valence-corrected chi connectivity index (χ2v) is 6.89. The molecule has 0 aliphatic rings. The number of benzene rings is 2. The minimum absolute atomic E-state index is 0.0987. The van der Waals surface area contributed by atoms with Crippen molar-refractivity contribution in [3.63, 3.8) is 0 Å². The zero-order valence-electron chi connectivity index (χ0n) is 14.7. The smallest absolute Gasteiger partial charge is 0.243 e. The van der Waals surface area contributed by atoms with Crippen molar-refractivity contribution in [3.05, 3.63) is 65.5 Å². The van der Waals surface area contributed by atoms with Crippen molar-refractivity contribution in [3.8, 4) is 0 Å². The van der Waals surface area contributed by atoms with Gasteiger partial charge >= 0.3 is 0 Å². The average Bonchev–Trinajstić information content (AvgIpc) is 2.55. The largest absolute Gasteiger partial charge is 0.347 e. The maximum Gasteiger partial charge on any atom is 0.243 e. The minimum atomic E-state index is -0.429. The van der Waals surface area contributed by atoms with E-state index in [1.807, 2.05) is 24.3 Å². The van der Waals surface area contributed by atoms with Gasteiger partial charge in [-0.2, -0.15) is 0 Å². The van der Waals surface area contributed by atoms with Crippen molar-refractivity contribution in [2.45, 2.75) is 32.6 Å². The van der Waals surface area contributed by atoms with Crippen molar-refractivity contribution in [2.24, 2.45) is 0 Å². The summed E-state index contributed by atoms with van der Waals surface area (Å²) < 4.78 is 13.5. The highest BCUT2D eigenvalue weighted by molar-refractivity contribution is 5.95. The molecule has 2 N–H and O–H groups in total. The standard InChI is InChI=1S/C20H23FN2O2/c1-20(2,3)15-9-5-7-11-17(15)23-19(25)13-22-18(24)12-14-8-4-6-10-16(14)21/h4-11H,12-13H2,1-3H3,(H,22,24)(H,23,25). The van der Waals surface area contributed by atoms with Crippen LogP contribution in [0.1, 0.15) is 31.9 Å². The van der Waals surface area contributed by atoms with Crippen LogP contribution in [-0.4, -0.2) is 18.4 Å². The SMILES string of the molecule is CC(C)(C)c1ccccc1NC(=O)CNC(=O)Cc1ccccc1F. The highest BCUT2D eigenvalue weighted by Crippen LogP contribution is 2.29. The number of carbonyl (C=O) groups excluding carboxylic acids is 2. The molecule has 132 valence electrons. The highest BCUT2D eigenvalue weighted by Gasteiger charge is 2.18. The van der Waals surface area contributed by atoms with Crippen LogP contribution >= 0.6 is 0 Å². The summed E-state index contributed by atoms with van der Waals surface area (Å²) in [5.41, 5.74) is 1.93. The Morgan fingerprint density at radius 3 is 2.28 bits per heavy atom. The molecule has 0 atom stereocenters. The van der Waals surface area contributed by atoms with Crippen LogP contribution in [0.4, 0.5) is 10.1 Å². The third-order valence-electron chi connectivity index (χ3n) is 3.76. The van der Waals surface area contributed by atoms with Crippen molar-refractivity contribution in [1.82, 2.24) is 5.32 Å². The molecule has 0 heterocycles. The predicted molar refractivity (Wildman–Crippen MR) is 96.9 cm³/mol. The van der Waals surface area contributed by atoms with Gasteiger partial charge in [-0.25, -0.2) is 4.39 Å². The molecule has 25 heavy (non-hydrogen) atoms. The van der Waals surface area contributed by atoms with E-state index in [0.717, 1.165) is 11.3 Å². The summed E-state index contributed by atoms with van der Waals surface area (Å²) in [4.78, 5) is 24.0. The quantitative estimate of drug-likeness (QED) is 0.875. The second-order valence-electron chi connectivity index (χ2n) is 6.89. The van der Waals surface area contributed by atoms with Gasteiger partial charge in [0, 0.05) is 5.69 Å². The van der Waals surface area contributed by atoms with Gasteiger partial charge in [0.1, 0.15) is 5.82 Å². The van der Waals surface area contributed by atoms with Crippen LogP contribution in [0.2, 0.25) is 0 Å². The van der Waals surface area contributed by atoms with Gasteiger partial charge in [-0.3, -0.25) is 9.59 Å². The maximum absolute atomic E-state index is 13.5. The number of halogens is 1. The summed E-state index contributed by atoms with van der Waals surface area (Å²) >= 11 is 0. The predicted octanol–water partition coefficient (Wildman–Crippen LogP) is 3.42. The Morgan fingerprint density at radius 2 is 1.60 bits per heavy atom. The lowest BCUT2D eigenvalue weighted by Crippen LogP contribution is -2.34. The number of amides is 2. The Balaban J connectivity index is 1.91. The summed E-state index contributed by atoms with van der Waals surface area (Å²) in [5.74, 6) is -1.15. The fraction of sp³-hybridized carbons (Fsp3) is 0.300. The van der Waals surface area contributed by atoms with E-state index in [9.17, 15) is 14.0 Å². The first-order valence-corrected chi connectivity index (χ1v) is 8.17. The molecule has 2 aromatic carbocycles. The van der Waals surface area contributed by atoms with Crippen LogP contribution in [0.25, 0.3) is 0 Å². The lowest BCUT2D eigenvalue weighted by atomic mass is 9.86. The molecule has 0 aliphatic heterocycles. The number of nitrogens with one attached hydrogen (secondary N) is 2. The van der Waals surface area contributed by atoms with Gasteiger partial charge in [0.2, 0.25) is 11.8 Å². The normalized spacial score (nSPS) is 11.0. The summed E-state index contributed by atoms with van der Waals surface area (Å²) in [5, 5.41) is 5.34. The van der Waals surface area contributed by atoms with Crippen molar-refractivity contribution in [2.75, 3.05) is 11.9 Å². The van der Waals surface area contributed by atoms with Crippen molar-refractivity contribution >= 4 is 17.5 Å². The van der Waals surface area contributed by atoms with E-state index in [4.69, 9.17) is 0 Å². The number of hydrogen-bond donors (Lipinski definition) is 2. The Bertz CT molecular complexity index is 766. The van der Waals surface area contributed by atoms with Gasteiger partial charge in [0.05, 0.1) is 13.0 Å². The first kappa shape index (κ1) is 18.6. The molecule has 0 bridgehead atoms. The van der Waals surface area contributed by atoms with Gasteiger partial charge < -0.3 is 10.6 Å².